The third kappa shape index (κ3) is 2.97. The summed E-state index contributed by atoms with van der Waals surface area (Å²) >= 11 is 1.49. The number of rotatable bonds is 1. The molecule has 0 spiro atoms. The van der Waals surface area contributed by atoms with Gasteiger partial charge in [0.2, 0.25) is 0 Å². The molecule has 1 aromatic rings. The standard InChI is InChI=1S/C6H8N2OS.2ClH/c1-3-5(6(7)9)8-4(2)10-3;;/h1-2H3,(H2,7,9);2*1H. The van der Waals surface area contributed by atoms with E-state index in [1.54, 1.807) is 0 Å². The van der Waals surface area contributed by atoms with Gasteiger partial charge in [-0.1, -0.05) is 0 Å². The predicted octanol–water partition coefficient (Wildman–Crippen LogP) is 1.70. The number of aryl methyl sites for hydroxylation is 2. The molecule has 0 aliphatic heterocycles. The van der Waals surface area contributed by atoms with E-state index in [9.17, 15) is 4.79 Å². The zero-order valence-electron chi connectivity index (χ0n) is 6.66. The van der Waals surface area contributed by atoms with Crippen LogP contribution >= 0.6 is 36.2 Å². The second kappa shape index (κ2) is 5.35. The maximum atomic E-state index is 10.6. The van der Waals surface area contributed by atoms with Gasteiger partial charge in [0.15, 0.2) is 0 Å². The quantitative estimate of drug-likeness (QED) is 0.796. The number of carbonyl (C=O) groups excluding carboxylic acids is 1. The summed E-state index contributed by atoms with van der Waals surface area (Å²) in [6.07, 6.45) is 0. The average molecular weight is 229 g/mol. The number of thiazole rings is 1. The van der Waals surface area contributed by atoms with Crippen molar-refractivity contribution < 1.29 is 4.79 Å². The molecule has 0 atom stereocenters. The van der Waals surface area contributed by atoms with Crippen molar-refractivity contribution in [2.24, 2.45) is 5.73 Å². The monoisotopic (exact) mass is 228 g/mol. The Hall–Kier alpha value is -0.320. The fourth-order valence-corrected chi connectivity index (χ4v) is 1.58. The smallest absolute Gasteiger partial charge is 0.268 e. The number of primary amides is 1. The van der Waals surface area contributed by atoms with Crippen LogP contribution in [0.3, 0.4) is 0 Å². The second-order valence-electron chi connectivity index (χ2n) is 2.00. The molecule has 0 aromatic carbocycles. The Bertz CT molecular complexity index is 275. The molecule has 1 heterocycles. The van der Waals surface area contributed by atoms with Gasteiger partial charge in [0.1, 0.15) is 5.69 Å². The van der Waals surface area contributed by atoms with E-state index >= 15 is 0 Å². The Balaban J connectivity index is 0. The van der Waals surface area contributed by atoms with Crippen LogP contribution in [0.1, 0.15) is 20.4 Å². The van der Waals surface area contributed by atoms with Crippen molar-refractivity contribution in [2.45, 2.75) is 13.8 Å². The summed E-state index contributed by atoms with van der Waals surface area (Å²) in [5, 5.41) is 0.881. The van der Waals surface area contributed by atoms with Gasteiger partial charge in [-0.3, -0.25) is 4.79 Å². The van der Waals surface area contributed by atoms with Crippen LogP contribution < -0.4 is 5.73 Å². The summed E-state index contributed by atoms with van der Waals surface area (Å²) in [5.74, 6) is -0.443. The van der Waals surface area contributed by atoms with Crippen LogP contribution in [0.2, 0.25) is 0 Å². The molecule has 70 valence electrons. The molecule has 0 saturated carbocycles. The van der Waals surface area contributed by atoms with Crippen molar-refractivity contribution in [3.8, 4) is 0 Å². The van der Waals surface area contributed by atoms with E-state index in [4.69, 9.17) is 5.73 Å². The van der Waals surface area contributed by atoms with E-state index in [0.717, 1.165) is 9.88 Å². The van der Waals surface area contributed by atoms with Crippen molar-refractivity contribution in [2.75, 3.05) is 0 Å². The third-order valence-corrected chi connectivity index (χ3v) is 2.02. The average Bonchev–Trinajstić information content (AvgIpc) is 2.10. The van der Waals surface area contributed by atoms with Crippen LogP contribution in [0.25, 0.3) is 0 Å². The van der Waals surface area contributed by atoms with E-state index in [1.165, 1.54) is 11.3 Å². The SMILES string of the molecule is Cc1nc(C(N)=O)c(C)s1.Cl.Cl. The molecule has 1 aromatic heterocycles. The number of hydrogen-bond acceptors (Lipinski definition) is 3. The van der Waals surface area contributed by atoms with E-state index in [0.29, 0.717) is 5.69 Å². The highest BCUT2D eigenvalue weighted by Gasteiger charge is 2.08. The predicted molar refractivity (Wildman–Crippen MR) is 54.6 cm³/mol. The molecule has 0 radical (unpaired) electrons. The molecule has 1 rings (SSSR count). The number of carbonyl (C=O) groups is 1. The summed E-state index contributed by atoms with van der Waals surface area (Å²) < 4.78 is 0. The molecule has 0 saturated heterocycles. The second-order valence-corrected chi connectivity index (χ2v) is 3.41. The van der Waals surface area contributed by atoms with Gasteiger partial charge < -0.3 is 5.73 Å². The third-order valence-electron chi connectivity index (χ3n) is 1.14. The molecular weight excluding hydrogens is 219 g/mol. The zero-order chi connectivity index (χ0) is 7.72. The van der Waals surface area contributed by atoms with Crippen LogP contribution in [0, 0.1) is 13.8 Å². The minimum atomic E-state index is -0.443. The van der Waals surface area contributed by atoms with Crippen molar-refractivity contribution in [1.82, 2.24) is 4.98 Å². The molecule has 6 heteroatoms. The van der Waals surface area contributed by atoms with Gasteiger partial charge in [-0.2, -0.15) is 0 Å². The largest absolute Gasteiger partial charge is 0.364 e. The van der Waals surface area contributed by atoms with Crippen molar-refractivity contribution in [3.63, 3.8) is 0 Å². The molecule has 12 heavy (non-hydrogen) atoms. The number of halogens is 2. The lowest BCUT2D eigenvalue weighted by Gasteiger charge is -1.86. The molecule has 0 aliphatic carbocycles. The number of nitrogens with zero attached hydrogens (tertiary/aromatic N) is 1. The van der Waals surface area contributed by atoms with Crippen LogP contribution in [-0.2, 0) is 0 Å². The van der Waals surface area contributed by atoms with Crippen molar-refractivity contribution in [1.29, 1.82) is 0 Å². The van der Waals surface area contributed by atoms with Gasteiger partial charge in [0, 0.05) is 4.88 Å². The Kier molecular flexibility index (Phi) is 6.34. The highest BCUT2D eigenvalue weighted by Crippen LogP contribution is 2.15. The van der Waals surface area contributed by atoms with Crippen LogP contribution in [-0.4, -0.2) is 10.9 Å². The normalized spacial score (nSPS) is 8.17. The number of nitrogens with two attached hydrogens (primary N) is 1. The highest BCUT2D eigenvalue weighted by molar-refractivity contribution is 7.11. The number of aromatic nitrogens is 1. The van der Waals surface area contributed by atoms with E-state index in [1.807, 2.05) is 13.8 Å². The van der Waals surface area contributed by atoms with Crippen LogP contribution in [0.4, 0.5) is 0 Å². The maximum absolute atomic E-state index is 10.6. The summed E-state index contributed by atoms with van der Waals surface area (Å²) in [4.78, 5) is 15.4. The molecule has 2 N–H and O–H groups in total. The number of amides is 1. The molecule has 0 bridgehead atoms. The Morgan fingerprint density at radius 2 is 1.92 bits per heavy atom. The maximum Gasteiger partial charge on any atom is 0.268 e. The molecule has 0 unspecified atom stereocenters. The minimum absolute atomic E-state index is 0. The van der Waals surface area contributed by atoms with Crippen LogP contribution in [0.5, 0.6) is 0 Å². The molecular formula is C6H10Cl2N2OS. The molecule has 0 fully saturated rings. The van der Waals surface area contributed by atoms with E-state index < -0.39 is 5.91 Å². The first-order valence-corrected chi connectivity index (χ1v) is 3.66. The lowest BCUT2D eigenvalue weighted by Crippen LogP contribution is -2.12. The van der Waals surface area contributed by atoms with Crippen LogP contribution in [0.15, 0.2) is 0 Å². The van der Waals surface area contributed by atoms with Gasteiger partial charge in [0.25, 0.3) is 5.91 Å². The van der Waals surface area contributed by atoms with Gasteiger partial charge in [-0.15, -0.1) is 36.2 Å². The Morgan fingerprint density at radius 3 is 2.08 bits per heavy atom. The summed E-state index contributed by atoms with van der Waals surface area (Å²) in [7, 11) is 0. The van der Waals surface area contributed by atoms with E-state index in [2.05, 4.69) is 4.98 Å². The first kappa shape index (κ1) is 14.2. The van der Waals surface area contributed by atoms with Gasteiger partial charge in [0.05, 0.1) is 5.01 Å². The first-order chi connectivity index (χ1) is 4.61. The fraction of sp³-hybridized carbons (Fsp3) is 0.333. The van der Waals surface area contributed by atoms with Gasteiger partial charge in [-0.25, -0.2) is 4.98 Å². The van der Waals surface area contributed by atoms with Gasteiger partial charge >= 0.3 is 0 Å². The summed E-state index contributed by atoms with van der Waals surface area (Å²) in [6.45, 7) is 3.69. The Morgan fingerprint density at radius 1 is 1.42 bits per heavy atom. The minimum Gasteiger partial charge on any atom is -0.364 e. The first-order valence-electron chi connectivity index (χ1n) is 2.85. The highest BCUT2D eigenvalue weighted by atomic mass is 35.5. The van der Waals surface area contributed by atoms with Crippen molar-refractivity contribution >= 4 is 42.1 Å². The summed E-state index contributed by atoms with van der Waals surface area (Å²) in [5.41, 5.74) is 5.44. The molecule has 1 amide bonds. The Labute approximate surface area is 87.2 Å². The molecule has 0 aliphatic rings. The summed E-state index contributed by atoms with van der Waals surface area (Å²) in [6, 6.07) is 0. The molecule has 3 nitrogen and oxygen atoms in total. The van der Waals surface area contributed by atoms with E-state index in [-0.39, 0.29) is 24.8 Å². The fourth-order valence-electron chi connectivity index (χ4n) is 0.757. The number of hydrogen-bond donors (Lipinski definition) is 1. The lowest BCUT2D eigenvalue weighted by molar-refractivity contribution is 0.0995. The zero-order valence-corrected chi connectivity index (χ0v) is 9.11. The lowest BCUT2D eigenvalue weighted by atomic mass is 10.4. The van der Waals surface area contributed by atoms with Gasteiger partial charge in [-0.05, 0) is 13.8 Å². The topological polar surface area (TPSA) is 56.0 Å². The van der Waals surface area contributed by atoms with Crippen molar-refractivity contribution in [3.05, 3.63) is 15.6 Å².